The maximum absolute atomic E-state index is 5.74. The summed E-state index contributed by atoms with van der Waals surface area (Å²) in [5.41, 5.74) is 0. The fourth-order valence-electron chi connectivity index (χ4n) is 3.46. The second-order valence-corrected chi connectivity index (χ2v) is 5.91. The lowest BCUT2D eigenvalue weighted by atomic mass is 10.00. The second-order valence-electron chi connectivity index (χ2n) is 5.91. The van der Waals surface area contributed by atoms with E-state index in [2.05, 4.69) is 29.2 Å². The summed E-state index contributed by atoms with van der Waals surface area (Å²) in [5, 5.41) is 7.66. The summed E-state index contributed by atoms with van der Waals surface area (Å²) in [4.78, 5) is 7.17. The quantitative estimate of drug-likeness (QED) is 0.892. The van der Waals surface area contributed by atoms with Gasteiger partial charge in [0.2, 0.25) is 5.89 Å². The van der Waals surface area contributed by atoms with Crippen LogP contribution in [0.15, 0.2) is 4.52 Å². The predicted molar refractivity (Wildman–Crippen MR) is 79.2 cm³/mol. The molecule has 1 N–H and O–H groups in total. The molecule has 1 aromatic rings. The van der Waals surface area contributed by atoms with Crippen LogP contribution in [-0.2, 0) is 4.74 Å². The van der Waals surface area contributed by atoms with Crippen LogP contribution in [-0.4, -0.2) is 53.9 Å². The molecular formula is C15H26N4O2. The van der Waals surface area contributed by atoms with Crippen molar-refractivity contribution in [3.63, 3.8) is 0 Å². The number of ether oxygens (including phenoxy) is 1. The first kappa shape index (κ1) is 14.9. The number of nitrogens with one attached hydrogen (secondary N) is 1. The van der Waals surface area contributed by atoms with Crippen molar-refractivity contribution in [1.82, 2.24) is 20.4 Å². The molecule has 2 saturated heterocycles. The van der Waals surface area contributed by atoms with Crippen LogP contribution in [0.1, 0.15) is 56.8 Å². The van der Waals surface area contributed by atoms with E-state index >= 15 is 0 Å². The Hall–Kier alpha value is -0.980. The third-order valence-electron chi connectivity index (χ3n) is 4.66. The highest BCUT2D eigenvalue weighted by molar-refractivity contribution is 5.03. The van der Waals surface area contributed by atoms with Gasteiger partial charge in [0.1, 0.15) is 0 Å². The van der Waals surface area contributed by atoms with Gasteiger partial charge in [0.05, 0.1) is 18.1 Å². The molecular weight excluding hydrogens is 268 g/mol. The number of nitrogens with zero attached hydrogens (tertiary/aromatic N) is 3. The van der Waals surface area contributed by atoms with Crippen LogP contribution in [0.2, 0.25) is 0 Å². The number of piperazine rings is 1. The minimum absolute atomic E-state index is 0.234. The number of aromatic nitrogens is 2. The zero-order valence-electron chi connectivity index (χ0n) is 13.0. The first-order valence-electron chi connectivity index (χ1n) is 8.23. The summed E-state index contributed by atoms with van der Waals surface area (Å²) in [7, 11) is 0. The summed E-state index contributed by atoms with van der Waals surface area (Å²) < 4.78 is 11.3. The van der Waals surface area contributed by atoms with Crippen molar-refractivity contribution < 1.29 is 9.26 Å². The molecule has 2 fully saturated rings. The smallest absolute Gasteiger partial charge is 0.232 e. The van der Waals surface area contributed by atoms with E-state index in [1.807, 2.05) is 0 Å². The Morgan fingerprint density at radius 3 is 2.86 bits per heavy atom. The molecule has 3 atom stereocenters. The van der Waals surface area contributed by atoms with Gasteiger partial charge >= 0.3 is 0 Å². The van der Waals surface area contributed by atoms with E-state index in [9.17, 15) is 0 Å². The zero-order valence-corrected chi connectivity index (χ0v) is 13.0. The van der Waals surface area contributed by atoms with Crippen LogP contribution in [0.5, 0.6) is 0 Å². The molecule has 0 spiro atoms. The highest BCUT2D eigenvalue weighted by Crippen LogP contribution is 2.33. The fraction of sp³-hybridized carbons (Fsp3) is 0.867. The van der Waals surface area contributed by atoms with Crippen LogP contribution >= 0.6 is 0 Å². The largest absolute Gasteiger partial charge is 0.377 e. The third-order valence-corrected chi connectivity index (χ3v) is 4.66. The van der Waals surface area contributed by atoms with Crippen molar-refractivity contribution in [1.29, 1.82) is 0 Å². The van der Waals surface area contributed by atoms with Crippen molar-refractivity contribution in [3.8, 4) is 0 Å². The monoisotopic (exact) mass is 294 g/mol. The summed E-state index contributed by atoms with van der Waals surface area (Å²) in [6, 6.07) is 0.270. The van der Waals surface area contributed by atoms with Gasteiger partial charge in [0, 0.05) is 32.8 Å². The minimum atomic E-state index is 0.234. The van der Waals surface area contributed by atoms with Crippen LogP contribution in [0, 0.1) is 0 Å². The van der Waals surface area contributed by atoms with E-state index in [1.165, 1.54) is 0 Å². The van der Waals surface area contributed by atoms with Crippen molar-refractivity contribution >= 4 is 0 Å². The Balaban J connectivity index is 1.73. The van der Waals surface area contributed by atoms with Crippen LogP contribution < -0.4 is 5.32 Å². The third kappa shape index (κ3) is 3.12. The van der Waals surface area contributed by atoms with Gasteiger partial charge in [-0.15, -0.1) is 0 Å². The Bertz CT molecular complexity index is 445. The van der Waals surface area contributed by atoms with E-state index in [1.54, 1.807) is 0 Å². The Morgan fingerprint density at radius 1 is 1.33 bits per heavy atom. The van der Waals surface area contributed by atoms with Gasteiger partial charge in [0.25, 0.3) is 0 Å². The molecule has 0 bridgehead atoms. The van der Waals surface area contributed by atoms with Gasteiger partial charge in [-0.1, -0.05) is 19.0 Å². The van der Waals surface area contributed by atoms with E-state index in [0.29, 0.717) is 0 Å². The van der Waals surface area contributed by atoms with Crippen molar-refractivity contribution in [3.05, 3.63) is 11.7 Å². The van der Waals surface area contributed by atoms with Gasteiger partial charge in [-0.25, -0.2) is 0 Å². The SMILES string of the molecule is CCC1OCCC1c1nc(C(CC)N2CCNCC2)no1. The summed E-state index contributed by atoms with van der Waals surface area (Å²) in [6.45, 7) is 9.31. The Morgan fingerprint density at radius 2 is 2.14 bits per heavy atom. The van der Waals surface area contributed by atoms with Crippen LogP contribution in [0.4, 0.5) is 0 Å². The summed E-state index contributed by atoms with van der Waals surface area (Å²) >= 11 is 0. The average molecular weight is 294 g/mol. The molecule has 0 saturated carbocycles. The van der Waals surface area contributed by atoms with Crippen molar-refractivity contribution in [2.75, 3.05) is 32.8 Å². The molecule has 0 amide bonds. The zero-order chi connectivity index (χ0) is 14.7. The molecule has 6 nitrogen and oxygen atoms in total. The molecule has 2 aliphatic heterocycles. The second kappa shape index (κ2) is 6.85. The molecule has 118 valence electrons. The lowest BCUT2D eigenvalue weighted by molar-refractivity contribution is 0.0952. The molecule has 6 heteroatoms. The number of hydrogen-bond donors (Lipinski definition) is 1. The number of rotatable bonds is 5. The lowest BCUT2D eigenvalue weighted by Gasteiger charge is -2.32. The van der Waals surface area contributed by atoms with Crippen LogP contribution in [0.25, 0.3) is 0 Å². The Labute approximate surface area is 126 Å². The van der Waals surface area contributed by atoms with E-state index in [-0.39, 0.29) is 18.1 Å². The van der Waals surface area contributed by atoms with Crippen molar-refractivity contribution in [2.24, 2.45) is 0 Å². The Kier molecular flexibility index (Phi) is 4.87. The molecule has 2 aliphatic rings. The summed E-state index contributed by atoms with van der Waals surface area (Å²) in [5.74, 6) is 1.89. The predicted octanol–water partition coefficient (Wildman–Crippen LogP) is 1.71. The molecule has 0 aliphatic carbocycles. The lowest BCUT2D eigenvalue weighted by Crippen LogP contribution is -2.45. The standard InChI is InChI=1S/C15H26N4O2/c1-3-12(19-8-6-16-7-9-19)14-17-15(21-18-14)11-5-10-20-13(11)4-2/h11-13,16H,3-10H2,1-2H3. The highest BCUT2D eigenvalue weighted by Gasteiger charge is 2.34. The molecule has 3 rings (SSSR count). The van der Waals surface area contributed by atoms with E-state index in [0.717, 1.165) is 63.8 Å². The molecule has 0 aromatic carbocycles. The maximum atomic E-state index is 5.74. The van der Waals surface area contributed by atoms with Crippen molar-refractivity contribution in [2.45, 2.75) is 51.2 Å². The minimum Gasteiger partial charge on any atom is -0.377 e. The average Bonchev–Trinajstić information content (AvgIpc) is 3.17. The molecule has 1 aromatic heterocycles. The summed E-state index contributed by atoms with van der Waals surface area (Å²) in [6.07, 6.45) is 3.23. The van der Waals surface area contributed by atoms with Gasteiger partial charge in [-0.05, 0) is 19.3 Å². The molecule has 3 unspecified atom stereocenters. The normalized spacial score (nSPS) is 28.9. The first-order valence-corrected chi connectivity index (χ1v) is 8.23. The fourth-order valence-corrected chi connectivity index (χ4v) is 3.46. The topological polar surface area (TPSA) is 63.4 Å². The van der Waals surface area contributed by atoms with Gasteiger partial charge in [-0.2, -0.15) is 4.98 Å². The van der Waals surface area contributed by atoms with E-state index in [4.69, 9.17) is 14.2 Å². The van der Waals surface area contributed by atoms with Gasteiger partial charge in [0.15, 0.2) is 5.82 Å². The van der Waals surface area contributed by atoms with Gasteiger partial charge in [-0.3, -0.25) is 4.90 Å². The van der Waals surface area contributed by atoms with Crippen LogP contribution in [0.3, 0.4) is 0 Å². The molecule has 21 heavy (non-hydrogen) atoms. The molecule has 0 radical (unpaired) electrons. The maximum Gasteiger partial charge on any atom is 0.232 e. The van der Waals surface area contributed by atoms with E-state index < -0.39 is 0 Å². The number of hydrogen-bond acceptors (Lipinski definition) is 6. The molecule has 3 heterocycles. The first-order chi connectivity index (χ1) is 10.3. The van der Waals surface area contributed by atoms with Gasteiger partial charge < -0.3 is 14.6 Å². The highest BCUT2D eigenvalue weighted by atomic mass is 16.5.